The number of hydrogen-bond acceptors (Lipinski definition) is 6. The summed E-state index contributed by atoms with van der Waals surface area (Å²) in [7, 11) is 1.72. The molecule has 0 aliphatic carbocycles. The second kappa shape index (κ2) is 7.85. The third-order valence-corrected chi connectivity index (χ3v) is 5.94. The van der Waals surface area contributed by atoms with E-state index in [0.29, 0.717) is 29.5 Å². The molecular weight excluding hydrogens is 407 g/mol. The van der Waals surface area contributed by atoms with Crippen LogP contribution in [0.15, 0.2) is 71.1 Å². The molecule has 3 heterocycles. The van der Waals surface area contributed by atoms with Crippen LogP contribution in [0.4, 0.5) is 4.39 Å². The molecular formula is C23H25FN8. The fourth-order valence-corrected chi connectivity index (χ4v) is 4.33. The van der Waals surface area contributed by atoms with Crippen LogP contribution in [-0.4, -0.2) is 40.7 Å². The summed E-state index contributed by atoms with van der Waals surface area (Å²) in [6, 6.07) is 15.1. The molecule has 2 aliphatic heterocycles. The zero-order valence-corrected chi connectivity index (χ0v) is 17.9. The van der Waals surface area contributed by atoms with Crippen molar-refractivity contribution >= 4 is 5.84 Å². The number of nitrogens with zero attached hydrogens (tertiary/aromatic N) is 4. The Balaban J connectivity index is 1.54. The molecule has 2 atom stereocenters. The third-order valence-electron chi connectivity index (χ3n) is 5.94. The number of rotatable bonds is 3. The summed E-state index contributed by atoms with van der Waals surface area (Å²) in [5, 5.41) is 14.4. The molecule has 0 amide bonds. The zero-order chi connectivity index (χ0) is 22.3. The van der Waals surface area contributed by atoms with Gasteiger partial charge in [0.2, 0.25) is 0 Å². The molecule has 1 aromatic heterocycles. The van der Waals surface area contributed by atoms with Crippen molar-refractivity contribution in [3.63, 3.8) is 0 Å². The topological polar surface area (TPSA) is 105 Å². The van der Waals surface area contributed by atoms with Gasteiger partial charge in [0.25, 0.3) is 0 Å². The molecule has 9 heteroatoms. The Morgan fingerprint density at radius 1 is 1.19 bits per heavy atom. The fraction of sp³-hybridized carbons (Fsp3) is 0.261. The van der Waals surface area contributed by atoms with Gasteiger partial charge in [-0.2, -0.15) is 5.10 Å². The van der Waals surface area contributed by atoms with Crippen molar-refractivity contribution in [2.24, 2.45) is 10.7 Å². The van der Waals surface area contributed by atoms with E-state index in [1.165, 1.54) is 22.6 Å². The van der Waals surface area contributed by atoms with Gasteiger partial charge in [0, 0.05) is 42.9 Å². The molecule has 0 spiro atoms. The predicted octanol–water partition coefficient (Wildman–Crippen LogP) is 1.65. The second-order valence-electron chi connectivity index (χ2n) is 8.02. The van der Waals surface area contributed by atoms with Crippen LogP contribution in [-0.2, 0) is 5.79 Å². The van der Waals surface area contributed by atoms with E-state index in [-0.39, 0.29) is 5.92 Å². The van der Waals surface area contributed by atoms with E-state index in [1.807, 2.05) is 18.2 Å². The lowest BCUT2D eigenvalue weighted by molar-refractivity contribution is 0.317. The number of nitrogens with two attached hydrogens (primary N) is 1. The Labute approximate surface area is 185 Å². The molecule has 0 saturated carbocycles. The largest absolute Gasteiger partial charge is 0.349 e. The summed E-state index contributed by atoms with van der Waals surface area (Å²) >= 11 is 0. The summed E-state index contributed by atoms with van der Waals surface area (Å²) < 4.78 is 16.5. The molecule has 5 rings (SSSR count). The standard InChI is InChI=1S/C23H25FN8/c1-14-28-13-32(31-14)20-9-8-16(10-19(20)24)23(25)29-21-17(15-6-4-3-5-7-15)11-27-12-18(21)22(26-2)30-23/h3-10,13,17,27,29H,11-12,25H2,1-2H3,(H,26,30). The molecule has 3 aromatic rings. The Morgan fingerprint density at radius 2 is 2.00 bits per heavy atom. The van der Waals surface area contributed by atoms with Crippen LogP contribution < -0.4 is 21.7 Å². The van der Waals surface area contributed by atoms with Crippen molar-refractivity contribution in [1.29, 1.82) is 0 Å². The van der Waals surface area contributed by atoms with Crippen molar-refractivity contribution < 1.29 is 4.39 Å². The molecule has 2 aromatic carbocycles. The summed E-state index contributed by atoms with van der Waals surface area (Å²) in [5.41, 5.74) is 10.8. The minimum Gasteiger partial charge on any atom is -0.349 e. The summed E-state index contributed by atoms with van der Waals surface area (Å²) in [6.45, 7) is 3.19. The quantitative estimate of drug-likeness (QED) is 0.502. The average Bonchev–Trinajstić information content (AvgIpc) is 3.24. The lowest BCUT2D eigenvalue weighted by Gasteiger charge is -2.44. The van der Waals surface area contributed by atoms with Crippen LogP contribution in [0.25, 0.3) is 5.69 Å². The lowest BCUT2D eigenvalue weighted by Crippen LogP contribution is -2.67. The van der Waals surface area contributed by atoms with Crippen molar-refractivity contribution in [2.75, 3.05) is 20.1 Å². The summed E-state index contributed by atoms with van der Waals surface area (Å²) in [5.74, 6) is -0.342. The molecule has 2 unspecified atom stereocenters. The molecule has 32 heavy (non-hydrogen) atoms. The first-order valence-corrected chi connectivity index (χ1v) is 10.5. The molecule has 0 bridgehead atoms. The Kier molecular flexibility index (Phi) is 4.99. The van der Waals surface area contributed by atoms with E-state index in [0.717, 1.165) is 17.8 Å². The summed E-state index contributed by atoms with van der Waals surface area (Å²) in [6.07, 6.45) is 1.49. The molecule has 0 saturated heterocycles. The highest BCUT2D eigenvalue weighted by Gasteiger charge is 2.40. The van der Waals surface area contributed by atoms with Crippen LogP contribution >= 0.6 is 0 Å². The van der Waals surface area contributed by atoms with E-state index in [1.54, 1.807) is 26.1 Å². The number of nitrogens with one attached hydrogen (secondary N) is 3. The first kappa shape index (κ1) is 20.3. The maximum Gasteiger partial charge on any atom is 0.190 e. The number of aromatic nitrogens is 3. The highest BCUT2D eigenvalue weighted by atomic mass is 19.1. The molecule has 2 aliphatic rings. The van der Waals surface area contributed by atoms with Gasteiger partial charge >= 0.3 is 0 Å². The SMILES string of the molecule is CN=C1NC(N)(c2ccc(-n3cnc(C)n3)c(F)c2)NC2=C1CNCC2c1ccccc1. The van der Waals surface area contributed by atoms with Gasteiger partial charge in [-0.15, -0.1) is 0 Å². The summed E-state index contributed by atoms with van der Waals surface area (Å²) in [4.78, 5) is 8.51. The first-order chi connectivity index (χ1) is 15.5. The Bertz CT molecular complexity index is 1220. The number of halogens is 1. The van der Waals surface area contributed by atoms with Crippen LogP contribution in [0.5, 0.6) is 0 Å². The zero-order valence-electron chi connectivity index (χ0n) is 17.9. The van der Waals surface area contributed by atoms with Gasteiger partial charge in [0.1, 0.15) is 29.5 Å². The second-order valence-corrected chi connectivity index (χ2v) is 8.02. The maximum atomic E-state index is 15.1. The van der Waals surface area contributed by atoms with Crippen LogP contribution in [0, 0.1) is 12.7 Å². The van der Waals surface area contributed by atoms with Crippen molar-refractivity contribution in [1.82, 2.24) is 30.7 Å². The number of benzene rings is 2. The van der Waals surface area contributed by atoms with E-state index in [4.69, 9.17) is 5.73 Å². The predicted molar refractivity (Wildman–Crippen MR) is 121 cm³/mol. The monoisotopic (exact) mass is 432 g/mol. The molecule has 8 nitrogen and oxygen atoms in total. The van der Waals surface area contributed by atoms with Crippen molar-refractivity contribution in [3.05, 3.63) is 88.9 Å². The van der Waals surface area contributed by atoms with E-state index < -0.39 is 11.6 Å². The van der Waals surface area contributed by atoms with Crippen LogP contribution in [0.3, 0.4) is 0 Å². The van der Waals surface area contributed by atoms with Crippen molar-refractivity contribution in [2.45, 2.75) is 18.6 Å². The van der Waals surface area contributed by atoms with Crippen LogP contribution in [0.2, 0.25) is 0 Å². The Morgan fingerprint density at radius 3 is 2.69 bits per heavy atom. The lowest BCUT2D eigenvalue weighted by atomic mass is 9.86. The third kappa shape index (κ3) is 3.45. The maximum absolute atomic E-state index is 15.1. The highest BCUT2D eigenvalue weighted by Crippen LogP contribution is 2.33. The minimum atomic E-state index is -1.23. The molecule has 5 N–H and O–H groups in total. The van der Waals surface area contributed by atoms with Gasteiger partial charge < -0.3 is 16.0 Å². The minimum absolute atomic E-state index is 0.0731. The average molecular weight is 433 g/mol. The van der Waals surface area contributed by atoms with E-state index >= 15 is 4.39 Å². The van der Waals surface area contributed by atoms with Gasteiger partial charge in [0.15, 0.2) is 5.79 Å². The van der Waals surface area contributed by atoms with E-state index in [9.17, 15) is 0 Å². The molecule has 164 valence electrons. The number of amidine groups is 1. The number of aryl methyl sites for hydroxylation is 1. The fourth-order valence-electron chi connectivity index (χ4n) is 4.33. The molecule has 0 fully saturated rings. The van der Waals surface area contributed by atoms with E-state index in [2.05, 4.69) is 43.2 Å². The normalized spacial score (nSPS) is 24.1. The molecule has 0 radical (unpaired) electrons. The van der Waals surface area contributed by atoms with Gasteiger partial charge in [-0.1, -0.05) is 36.4 Å². The Hall–Kier alpha value is -3.56. The number of aliphatic imine (C=N–C) groups is 1. The van der Waals surface area contributed by atoms with Gasteiger partial charge in [0.05, 0.1) is 0 Å². The highest BCUT2D eigenvalue weighted by molar-refractivity contribution is 6.01. The first-order valence-electron chi connectivity index (χ1n) is 10.5. The van der Waals surface area contributed by atoms with Gasteiger partial charge in [-0.05, 0) is 24.6 Å². The van der Waals surface area contributed by atoms with Gasteiger partial charge in [-0.3, -0.25) is 10.7 Å². The van der Waals surface area contributed by atoms with Crippen LogP contribution in [0.1, 0.15) is 22.9 Å². The van der Waals surface area contributed by atoms with Crippen molar-refractivity contribution in [3.8, 4) is 5.69 Å². The smallest absolute Gasteiger partial charge is 0.190 e. The van der Waals surface area contributed by atoms with Gasteiger partial charge in [-0.25, -0.2) is 14.1 Å². The number of hydrogen-bond donors (Lipinski definition) is 4.